The molecule has 7 fully saturated rings. The Kier molecular flexibility index (Phi) is 33.8. The highest BCUT2D eigenvalue weighted by molar-refractivity contribution is 8.00. The lowest BCUT2D eigenvalue weighted by Gasteiger charge is -2.43. The summed E-state index contributed by atoms with van der Waals surface area (Å²) in [5, 5.41) is 80.8. The van der Waals surface area contributed by atoms with Gasteiger partial charge in [0.05, 0.1) is 116 Å². The van der Waals surface area contributed by atoms with Gasteiger partial charge in [-0.15, -0.1) is 16.6 Å². The van der Waals surface area contributed by atoms with E-state index in [9.17, 15) is 39.3 Å². The molecule has 2 amide bonds. The summed E-state index contributed by atoms with van der Waals surface area (Å²) in [5.41, 5.74) is 10.3. The number of anilines is 3. The van der Waals surface area contributed by atoms with Crippen LogP contribution in [-0.4, -0.2) is 162 Å². The number of aliphatic hydroxyl groups is 4. The average molecular weight is 1890 g/mol. The molecule has 2 aromatic heterocycles. The SMILES string of the molecule is C#CC1(CO)CC1.CC(C)(C#Cc1ccc(NC(=O)CSc2nnnn2-c2ccc(C3CC3)cc2Cl)c(Cl)c1)CO.CC(C)(C)[Si](OCC1(CO)CC1)(c1ccccc1)c1ccccc1.CCOC(=O)C1(C(=O)OCC)CC1.Nc1ccc(C#CC2(CO)CC2)cc1Cl.O=C(CSc1nnnn1-c1ccc(C2CC2)cc1Cl)Nc1ccc(C#CC2(C(=O)O)CC2)cc1Cl. The zero-order valence-electron chi connectivity index (χ0n) is 72.3. The molecular weight excluding hydrogens is 1780 g/mol. The van der Waals surface area contributed by atoms with Crippen molar-refractivity contribution < 1.29 is 63.4 Å². The van der Waals surface area contributed by atoms with E-state index in [1.807, 2.05) is 56.3 Å². The van der Waals surface area contributed by atoms with Gasteiger partial charge in [-0.25, -0.2) is 0 Å². The predicted molar refractivity (Wildman–Crippen MR) is 504 cm³/mol. The van der Waals surface area contributed by atoms with Crippen LogP contribution in [0.5, 0.6) is 0 Å². The molecule has 672 valence electrons. The second-order valence-electron chi connectivity index (χ2n) is 34.3. The van der Waals surface area contributed by atoms with Crippen molar-refractivity contribution in [2.45, 2.75) is 166 Å². The number of terminal acetylenes is 1. The number of carbonyl (C=O) groups is 5. The lowest BCUT2D eigenvalue weighted by atomic mass is 9.95. The first-order chi connectivity index (χ1) is 61.2. The number of nitrogens with two attached hydrogens (primary N) is 1. The number of aliphatic hydroxyl groups excluding tert-OH is 4. The second kappa shape index (κ2) is 43.8. The minimum Gasteiger partial charge on any atom is -0.480 e. The third-order valence-corrected chi connectivity index (χ3v) is 30.9. The standard InChI is InChI=1S/C24H19Cl2N5O3S.C24H23Cl2N5O2S.C21H28O2Si.C12H12ClNO.C9H14O4.C6H8O/c25-17-11-14(7-8-24(9-10-24)22(33)34)1-5-19(17)27-21(32)13-35-23-28-29-30-31(23)20-6-4-16(12-18(20)26)15-2-3-15;1-24(2,14-32)10-9-15-3-7-20(18(25)11-15)27-22(33)13-34-23-28-29-30-31(23)21-8-6-17(12-19(21)26)16-4-5-16;1-20(2,3)24(18-10-6-4-7-11-18,19-12-8-5-9-13-19)23-17-21(16-22)14-15-21;13-10-7-9(1-2-11(10)14)3-4-12(8-15)5-6-12;1-3-12-7(10)9(5-6-9)8(11)13-4-2;1-2-6(5-7)3-4-6/h1,4-6,11-12,15H,2-3,9-10,13H2,(H,27,32)(H,33,34);3,6-8,11-12,16,32H,4-5,13-14H2,1-2H3,(H,27,33);4-13,22H,14-17H2,1-3H3;1-2,7,15H,5-6,8,14H2;3-6H2,1-2H3;1,7H,3-5H2. The number of carbonyl (C=O) groups excluding carboxylic acids is 4. The fraction of sp³-hybridized carbons (Fsp3) is 0.406. The number of nitrogen functional groups attached to an aromatic ring is 1. The number of amides is 2. The third-order valence-electron chi connectivity index (χ3n) is 22.6. The molecule has 0 radical (unpaired) electrons. The Morgan fingerprint density at radius 3 is 1.34 bits per heavy atom. The number of hydrogen-bond donors (Lipinski definition) is 8. The minimum absolute atomic E-state index is 0.00123. The molecule has 7 aliphatic carbocycles. The molecule has 16 rings (SSSR count). The van der Waals surface area contributed by atoms with Gasteiger partial charge in [0.2, 0.25) is 22.1 Å². The number of benzene rings is 7. The fourth-order valence-electron chi connectivity index (χ4n) is 13.1. The molecule has 128 heavy (non-hydrogen) atoms. The Hall–Kier alpha value is -9.76. The zero-order valence-corrected chi connectivity index (χ0v) is 78.7. The van der Waals surface area contributed by atoms with Crippen molar-refractivity contribution in [2.24, 2.45) is 32.5 Å². The minimum atomic E-state index is -2.45. The number of hydrogen-bond acceptors (Lipinski definition) is 21. The molecule has 7 aliphatic rings. The molecule has 7 aromatic carbocycles. The molecule has 0 aliphatic heterocycles. The monoisotopic (exact) mass is 1890 g/mol. The molecular formula is C96H104Cl5N11O13S2Si. The Labute approximate surface area is 781 Å². The van der Waals surface area contributed by atoms with Gasteiger partial charge in [-0.3, -0.25) is 24.0 Å². The molecule has 0 atom stereocenters. The first-order valence-electron chi connectivity index (χ1n) is 42.2. The van der Waals surface area contributed by atoms with Crippen LogP contribution >= 0.6 is 81.5 Å². The van der Waals surface area contributed by atoms with E-state index in [2.05, 4.69) is 165 Å². The molecule has 0 saturated heterocycles. The van der Waals surface area contributed by atoms with Crippen molar-refractivity contribution in [3.05, 3.63) is 205 Å². The van der Waals surface area contributed by atoms with Crippen molar-refractivity contribution in [3.63, 3.8) is 0 Å². The number of aliphatic carboxylic acids is 1. The van der Waals surface area contributed by atoms with Crippen molar-refractivity contribution in [1.82, 2.24) is 40.4 Å². The second-order valence-corrected chi connectivity index (χ2v) is 42.6. The van der Waals surface area contributed by atoms with Gasteiger partial charge in [0.15, 0.2) is 5.41 Å². The maximum Gasteiger partial charge on any atom is 0.323 e. The first kappa shape index (κ1) is 98.8. The van der Waals surface area contributed by atoms with Crippen LogP contribution < -0.4 is 26.7 Å². The number of nitrogens with zero attached hydrogens (tertiary/aromatic N) is 8. The van der Waals surface area contributed by atoms with Gasteiger partial charge in [0, 0.05) is 34.1 Å². The van der Waals surface area contributed by atoms with E-state index in [4.69, 9.17) is 94.3 Å². The average Bonchev–Trinajstić information content (AvgIpc) is 0.925. The summed E-state index contributed by atoms with van der Waals surface area (Å²) < 4.78 is 19.5. The molecule has 0 spiro atoms. The number of thioether (sulfide) groups is 2. The summed E-state index contributed by atoms with van der Waals surface area (Å²) in [6.07, 6.45) is 18.2. The molecule has 24 nitrogen and oxygen atoms in total. The van der Waals surface area contributed by atoms with Crippen LogP contribution in [0.4, 0.5) is 17.1 Å². The lowest BCUT2D eigenvalue weighted by molar-refractivity contribution is -0.164. The molecule has 32 heteroatoms. The normalized spacial score (nSPS) is 16.0. The van der Waals surface area contributed by atoms with Gasteiger partial charge in [-0.1, -0.05) is 217 Å². The Balaban J connectivity index is 0.000000158. The maximum absolute atomic E-state index is 12.5. The Morgan fingerprint density at radius 1 is 0.547 bits per heavy atom. The smallest absolute Gasteiger partial charge is 0.323 e. The maximum atomic E-state index is 12.5. The van der Waals surface area contributed by atoms with Gasteiger partial charge in [-0.2, -0.15) is 9.36 Å². The Morgan fingerprint density at radius 2 is 0.992 bits per heavy atom. The van der Waals surface area contributed by atoms with Crippen LogP contribution in [0.2, 0.25) is 30.2 Å². The quantitative estimate of drug-likeness (QED) is 0.00623. The number of tetrazole rings is 2. The number of carboxylic acid groups (broad SMARTS) is 1. The van der Waals surface area contributed by atoms with Crippen molar-refractivity contribution in [3.8, 4) is 59.2 Å². The highest BCUT2D eigenvalue weighted by Gasteiger charge is 2.60. The lowest BCUT2D eigenvalue weighted by Crippen LogP contribution is -2.67. The highest BCUT2D eigenvalue weighted by Crippen LogP contribution is 2.51. The van der Waals surface area contributed by atoms with E-state index in [1.165, 1.54) is 80.1 Å². The van der Waals surface area contributed by atoms with Gasteiger partial charge in [-0.05, 0) is 256 Å². The number of halogens is 5. The summed E-state index contributed by atoms with van der Waals surface area (Å²) in [6.45, 7) is 15.8. The van der Waals surface area contributed by atoms with E-state index in [-0.39, 0.29) is 71.0 Å². The predicted octanol–water partition coefficient (Wildman–Crippen LogP) is 16.4. The van der Waals surface area contributed by atoms with Gasteiger partial charge in [0.25, 0.3) is 8.32 Å². The number of aromatic nitrogens is 8. The fourth-order valence-corrected chi connectivity index (χ4v) is 20.3. The van der Waals surface area contributed by atoms with Crippen molar-refractivity contribution in [1.29, 1.82) is 0 Å². The number of nitrogens with one attached hydrogen (secondary N) is 2. The van der Waals surface area contributed by atoms with E-state index >= 15 is 0 Å². The largest absolute Gasteiger partial charge is 0.480 e. The van der Waals surface area contributed by atoms with Crippen LogP contribution in [0.1, 0.15) is 178 Å². The number of esters is 2. The summed E-state index contributed by atoms with van der Waals surface area (Å²) in [6, 6.07) is 48.6. The number of rotatable bonds is 26. The van der Waals surface area contributed by atoms with E-state index in [1.54, 1.807) is 62.4 Å². The van der Waals surface area contributed by atoms with Gasteiger partial charge in [0.1, 0.15) is 5.41 Å². The molecule has 0 unspecified atom stereocenters. The Bertz CT molecular complexity index is 5650. The first-order valence-corrected chi connectivity index (χ1v) is 48.0. The summed E-state index contributed by atoms with van der Waals surface area (Å²) >= 11 is 33.8. The van der Waals surface area contributed by atoms with Crippen LogP contribution in [0, 0.1) is 80.4 Å². The van der Waals surface area contributed by atoms with Crippen LogP contribution in [0.3, 0.4) is 0 Å². The van der Waals surface area contributed by atoms with Crippen molar-refractivity contribution >= 4 is 147 Å². The van der Waals surface area contributed by atoms with Crippen LogP contribution in [0.15, 0.2) is 162 Å². The molecule has 9 aromatic rings. The molecule has 2 heterocycles. The zero-order chi connectivity index (χ0) is 92.2. The third kappa shape index (κ3) is 26.5. The van der Waals surface area contributed by atoms with Gasteiger partial charge < -0.3 is 55.8 Å². The highest BCUT2D eigenvalue weighted by atomic mass is 35.5. The van der Waals surface area contributed by atoms with Crippen molar-refractivity contribution in [2.75, 3.05) is 74.1 Å². The summed E-state index contributed by atoms with van der Waals surface area (Å²) in [5.74, 6) is 19.3. The van der Waals surface area contributed by atoms with Crippen LogP contribution in [-0.2, 0) is 37.9 Å². The molecule has 7 saturated carbocycles. The van der Waals surface area contributed by atoms with Gasteiger partial charge >= 0.3 is 17.9 Å². The van der Waals surface area contributed by atoms with E-state index in [0.717, 1.165) is 44.1 Å². The molecule has 9 N–H and O–H groups in total. The van der Waals surface area contributed by atoms with Crippen LogP contribution in [0.25, 0.3) is 11.4 Å². The van der Waals surface area contributed by atoms with E-state index in [0.29, 0.717) is 132 Å². The number of carboxylic acids is 1. The summed E-state index contributed by atoms with van der Waals surface area (Å²) in [4.78, 5) is 59.0. The summed E-state index contributed by atoms with van der Waals surface area (Å²) in [7, 11) is -2.45. The van der Waals surface area contributed by atoms with E-state index < -0.39 is 42.5 Å². The number of ether oxygens (including phenoxy) is 2. The topological polar surface area (TPSA) is 351 Å². The molecule has 0 bridgehead atoms.